The van der Waals surface area contributed by atoms with E-state index < -0.39 is 0 Å². The van der Waals surface area contributed by atoms with Crippen LogP contribution in [0.3, 0.4) is 0 Å². The maximum absolute atomic E-state index is 12.1. The number of unbranched alkanes of at least 4 members (excludes halogenated alkanes) is 1. The second-order valence-corrected chi connectivity index (χ2v) is 6.49. The van der Waals surface area contributed by atoms with Gasteiger partial charge in [0.05, 0.1) is 19.8 Å². The zero-order chi connectivity index (χ0) is 18.1. The molecule has 1 aliphatic heterocycles. The topological polar surface area (TPSA) is 70.7 Å². The first-order chi connectivity index (χ1) is 12.1. The minimum Gasteiger partial charge on any atom is -0.379 e. The summed E-state index contributed by atoms with van der Waals surface area (Å²) in [5.74, 6) is -0.367. The van der Waals surface area contributed by atoms with E-state index in [1.54, 1.807) is 6.07 Å². The molecule has 1 heterocycles. The van der Waals surface area contributed by atoms with Crippen LogP contribution in [0.25, 0.3) is 0 Å². The first kappa shape index (κ1) is 19.4. The van der Waals surface area contributed by atoms with Crippen molar-refractivity contribution in [2.75, 3.05) is 45.9 Å². The summed E-state index contributed by atoms with van der Waals surface area (Å²) in [5, 5.41) is 5.52. The number of nitrogens with zero attached hydrogens (tertiary/aromatic N) is 1. The first-order valence-electron chi connectivity index (χ1n) is 8.98. The highest BCUT2D eigenvalue weighted by atomic mass is 16.5. The number of aryl methyl sites for hydroxylation is 2. The lowest BCUT2D eigenvalue weighted by molar-refractivity contribution is -0.120. The molecule has 0 radical (unpaired) electrons. The van der Waals surface area contributed by atoms with Crippen LogP contribution in [-0.4, -0.2) is 62.7 Å². The minimum absolute atomic E-state index is 0.00915. The fraction of sp³-hybridized carbons (Fsp3) is 0.579. The lowest BCUT2D eigenvalue weighted by Crippen LogP contribution is -2.38. The largest absolute Gasteiger partial charge is 0.379 e. The van der Waals surface area contributed by atoms with Crippen LogP contribution in [0.2, 0.25) is 0 Å². The number of amides is 2. The van der Waals surface area contributed by atoms with Crippen molar-refractivity contribution in [1.29, 1.82) is 0 Å². The highest BCUT2D eigenvalue weighted by Gasteiger charge is 2.10. The van der Waals surface area contributed by atoms with Crippen LogP contribution >= 0.6 is 0 Å². The smallest absolute Gasteiger partial charge is 0.251 e. The van der Waals surface area contributed by atoms with Gasteiger partial charge in [0.1, 0.15) is 0 Å². The summed E-state index contributed by atoms with van der Waals surface area (Å²) in [7, 11) is 0. The number of carbonyl (C=O) groups excluding carboxylic acids is 2. The molecule has 1 aromatic rings. The lowest BCUT2D eigenvalue weighted by atomic mass is 10.1. The van der Waals surface area contributed by atoms with Crippen molar-refractivity contribution in [1.82, 2.24) is 15.5 Å². The van der Waals surface area contributed by atoms with Gasteiger partial charge < -0.3 is 15.4 Å². The molecule has 138 valence electrons. The number of nitrogens with one attached hydrogen (secondary N) is 2. The summed E-state index contributed by atoms with van der Waals surface area (Å²) in [4.78, 5) is 26.3. The molecule has 0 saturated carbocycles. The van der Waals surface area contributed by atoms with Crippen molar-refractivity contribution in [2.24, 2.45) is 0 Å². The summed E-state index contributed by atoms with van der Waals surface area (Å²) in [6.45, 7) is 9.29. The number of rotatable bonds is 8. The van der Waals surface area contributed by atoms with Gasteiger partial charge in [-0.15, -0.1) is 0 Å². The lowest BCUT2D eigenvalue weighted by Gasteiger charge is -2.26. The zero-order valence-electron chi connectivity index (χ0n) is 15.3. The van der Waals surface area contributed by atoms with Gasteiger partial charge in [-0.25, -0.2) is 0 Å². The molecule has 0 unspecified atom stereocenters. The molecule has 0 bridgehead atoms. The molecule has 6 heteroatoms. The Labute approximate surface area is 149 Å². The molecule has 0 aromatic heterocycles. The Morgan fingerprint density at radius 2 is 1.84 bits per heavy atom. The van der Waals surface area contributed by atoms with E-state index in [0.717, 1.165) is 56.8 Å². The van der Waals surface area contributed by atoms with E-state index in [2.05, 4.69) is 15.5 Å². The van der Waals surface area contributed by atoms with Crippen molar-refractivity contribution < 1.29 is 14.3 Å². The van der Waals surface area contributed by atoms with Crippen LogP contribution in [0.15, 0.2) is 18.2 Å². The molecule has 2 amide bonds. The number of ether oxygens (including phenoxy) is 1. The molecule has 1 fully saturated rings. The van der Waals surface area contributed by atoms with Crippen LogP contribution in [-0.2, 0) is 9.53 Å². The van der Waals surface area contributed by atoms with E-state index in [1.807, 2.05) is 26.0 Å². The van der Waals surface area contributed by atoms with Crippen LogP contribution in [0.4, 0.5) is 0 Å². The van der Waals surface area contributed by atoms with Crippen LogP contribution < -0.4 is 10.6 Å². The Bertz CT molecular complexity index is 583. The summed E-state index contributed by atoms with van der Waals surface area (Å²) >= 11 is 0. The number of hydrogen-bond donors (Lipinski definition) is 2. The van der Waals surface area contributed by atoms with Crippen LogP contribution in [0.1, 0.15) is 34.3 Å². The second-order valence-electron chi connectivity index (χ2n) is 6.49. The number of hydrogen-bond acceptors (Lipinski definition) is 4. The van der Waals surface area contributed by atoms with Gasteiger partial charge in [0.25, 0.3) is 5.91 Å². The fourth-order valence-corrected chi connectivity index (χ4v) is 2.72. The molecule has 0 spiro atoms. The normalized spacial score (nSPS) is 15.0. The highest BCUT2D eigenvalue weighted by Crippen LogP contribution is 2.09. The SMILES string of the molecule is Cc1ccc(C(=O)NCC(=O)NCCCCN2CCOCC2)cc1C. The van der Waals surface area contributed by atoms with Crippen molar-refractivity contribution in [3.8, 4) is 0 Å². The third-order valence-electron chi connectivity index (χ3n) is 4.51. The van der Waals surface area contributed by atoms with Crippen LogP contribution in [0.5, 0.6) is 0 Å². The van der Waals surface area contributed by atoms with E-state index >= 15 is 0 Å². The average Bonchev–Trinajstić information content (AvgIpc) is 2.62. The molecular weight excluding hydrogens is 318 g/mol. The summed E-state index contributed by atoms with van der Waals surface area (Å²) < 4.78 is 5.32. The van der Waals surface area contributed by atoms with Crippen molar-refractivity contribution in [3.05, 3.63) is 34.9 Å². The summed E-state index contributed by atoms with van der Waals surface area (Å²) in [6.07, 6.45) is 1.99. The van der Waals surface area contributed by atoms with Crippen molar-refractivity contribution in [3.63, 3.8) is 0 Å². The van der Waals surface area contributed by atoms with Gasteiger partial charge in [0.15, 0.2) is 0 Å². The monoisotopic (exact) mass is 347 g/mol. The summed E-state index contributed by atoms with van der Waals surface area (Å²) in [6, 6.07) is 5.54. The second kappa shape index (κ2) is 10.2. The van der Waals surface area contributed by atoms with Gasteiger partial charge >= 0.3 is 0 Å². The Balaban J connectivity index is 1.57. The average molecular weight is 347 g/mol. The minimum atomic E-state index is -0.217. The first-order valence-corrected chi connectivity index (χ1v) is 8.98. The fourth-order valence-electron chi connectivity index (χ4n) is 2.72. The molecule has 1 aromatic carbocycles. The summed E-state index contributed by atoms with van der Waals surface area (Å²) in [5.41, 5.74) is 2.80. The zero-order valence-corrected chi connectivity index (χ0v) is 15.3. The standard InChI is InChI=1S/C19H29N3O3/c1-15-5-6-17(13-16(15)2)19(24)21-14-18(23)20-7-3-4-8-22-9-11-25-12-10-22/h5-6,13H,3-4,7-12,14H2,1-2H3,(H,20,23)(H,21,24). The van der Waals surface area contributed by atoms with Crippen LogP contribution in [0, 0.1) is 13.8 Å². The Hall–Kier alpha value is -1.92. The molecule has 6 nitrogen and oxygen atoms in total. The van der Waals surface area contributed by atoms with Gasteiger partial charge in [-0.2, -0.15) is 0 Å². The third-order valence-corrected chi connectivity index (χ3v) is 4.51. The number of benzene rings is 1. The molecule has 0 atom stereocenters. The van der Waals surface area contributed by atoms with Gasteiger partial charge in [0, 0.05) is 25.2 Å². The molecule has 2 N–H and O–H groups in total. The number of morpholine rings is 1. The molecule has 0 aliphatic carbocycles. The quantitative estimate of drug-likeness (QED) is 0.695. The maximum Gasteiger partial charge on any atom is 0.251 e. The van der Waals surface area contributed by atoms with Gasteiger partial charge in [-0.05, 0) is 56.5 Å². The van der Waals surface area contributed by atoms with Crippen molar-refractivity contribution >= 4 is 11.8 Å². The van der Waals surface area contributed by atoms with E-state index in [1.165, 1.54) is 0 Å². The van der Waals surface area contributed by atoms with E-state index in [0.29, 0.717) is 12.1 Å². The molecule has 1 saturated heterocycles. The molecular formula is C19H29N3O3. The van der Waals surface area contributed by atoms with Crippen molar-refractivity contribution in [2.45, 2.75) is 26.7 Å². The Morgan fingerprint density at radius 3 is 2.56 bits per heavy atom. The van der Waals surface area contributed by atoms with E-state index in [9.17, 15) is 9.59 Å². The Morgan fingerprint density at radius 1 is 1.08 bits per heavy atom. The van der Waals surface area contributed by atoms with Gasteiger partial charge in [-0.3, -0.25) is 14.5 Å². The van der Waals surface area contributed by atoms with Gasteiger partial charge in [0.2, 0.25) is 5.91 Å². The maximum atomic E-state index is 12.1. The van der Waals surface area contributed by atoms with Gasteiger partial charge in [-0.1, -0.05) is 6.07 Å². The van der Waals surface area contributed by atoms with E-state index in [-0.39, 0.29) is 18.4 Å². The predicted octanol–water partition coefficient (Wildman–Crippen LogP) is 1.26. The Kier molecular flexibility index (Phi) is 7.88. The third kappa shape index (κ3) is 6.84. The number of carbonyl (C=O) groups is 2. The predicted molar refractivity (Wildman–Crippen MR) is 97.8 cm³/mol. The molecule has 25 heavy (non-hydrogen) atoms. The molecule has 2 rings (SSSR count). The highest BCUT2D eigenvalue weighted by molar-refractivity contribution is 5.96. The molecule has 1 aliphatic rings. The van der Waals surface area contributed by atoms with E-state index in [4.69, 9.17) is 4.74 Å².